The third-order valence-corrected chi connectivity index (χ3v) is 4.74. The van der Waals surface area contributed by atoms with E-state index in [9.17, 15) is 4.79 Å². The van der Waals surface area contributed by atoms with E-state index in [0.29, 0.717) is 25.8 Å². The monoisotopic (exact) mass is 412 g/mol. The number of carbonyl (C=O) groups excluding carboxylic acids is 1. The minimum atomic E-state index is -0.351. The number of aromatic nitrogens is 1. The van der Waals surface area contributed by atoms with Crippen LogP contribution in [0.4, 0.5) is 0 Å². The molecule has 0 bridgehead atoms. The van der Waals surface area contributed by atoms with E-state index < -0.39 is 0 Å². The standard InChI is InChI=1S/C9H7Br3N2O2/c1-2-16-6(15)4-14-8(11)5(3-13)7(10)9(14)12/h2,4H2,1H3. The van der Waals surface area contributed by atoms with E-state index >= 15 is 0 Å². The summed E-state index contributed by atoms with van der Waals surface area (Å²) in [5.74, 6) is -0.351. The molecule has 0 spiro atoms. The predicted octanol–water partition coefficient (Wildman–Crippen LogP) is 3.21. The Kier molecular flexibility index (Phi) is 5.02. The maximum Gasteiger partial charge on any atom is 0.326 e. The van der Waals surface area contributed by atoms with Crippen molar-refractivity contribution in [3.63, 3.8) is 0 Å². The number of ether oxygens (including phenoxy) is 1. The summed E-state index contributed by atoms with van der Waals surface area (Å²) < 4.78 is 8.24. The highest BCUT2D eigenvalue weighted by molar-refractivity contribution is 9.13. The highest BCUT2D eigenvalue weighted by Gasteiger charge is 2.19. The first kappa shape index (κ1) is 13.7. The van der Waals surface area contributed by atoms with Crippen molar-refractivity contribution in [3.05, 3.63) is 19.2 Å². The summed E-state index contributed by atoms with van der Waals surface area (Å²) in [6, 6.07) is 2.03. The maximum atomic E-state index is 11.3. The molecule has 0 amide bonds. The Morgan fingerprint density at radius 2 is 2.06 bits per heavy atom. The SMILES string of the molecule is CCOC(=O)Cn1c(Br)c(Br)c(C#N)c1Br. The van der Waals surface area contributed by atoms with Crippen molar-refractivity contribution in [2.45, 2.75) is 13.5 Å². The van der Waals surface area contributed by atoms with Gasteiger partial charge in [-0.15, -0.1) is 0 Å². The second-order valence-electron chi connectivity index (χ2n) is 2.77. The molecule has 7 heteroatoms. The molecular weight excluding hydrogens is 408 g/mol. The first-order chi connectivity index (χ1) is 7.52. The molecule has 0 radical (unpaired) electrons. The van der Waals surface area contributed by atoms with Crippen molar-refractivity contribution >= 4 is 53.8 Å². The van der Waals surface area contributed by atoms with Crippen LogP contribution in [-0.4, -0.2) is 17.1 Å². The van der Waals surface area contributed by atoms with Crippen molar-refractivity contribution in [2.75, 3.05) is 6.61 Å². The molecule has 16 heavy (non-hydrogen) atoms. The average Bonchev–Trinajstić information content (AvgIpc) is 2.43. The molecule has 86 valence electrons. The molecule has 1 rings (SSSR count). The lowest BCUT2D eigenvalue weighted by molar-refractivity contribution is -0.143. The van der Waals surface area contributed by atoms with Gasteiger partial charge in [0.2, 0.25) is 0 Å². The summed E-state index contributed by atoms with van der Waals surface area (Å²) >= 11 is 9.83. The van der Waals surface area contributed by atoms with Gasteiger partial charge in [-0.25, -0.2) is 0 Å². The maximum absolute atomic E-state index is 11.3. The second kappa shape index (κ2) is 5.84. The van der Waals surface area contributed by atoms with Crippen molar-refractivity contribution < 1.29 is 9.53 Å². The summed E-state index contributed by atoms with van der Waals surface area (Å²) in [5, 5.41) is 8.91. The Bertz CT molecular complexity index is 462. The van der Waals surface area contributed by atoms with Gasteiger partial charge in [0.25, 0.3) is 0 Å². The largest absolute Gasteiger partial charge is 0.465 e. The van der Waals surface area contributed by atoms with Crippen LogP contribution in [0.3, 0.4) is 0 Å². The van der Waals surface area contributed by atoms with E-state index in [2.05, 4.69) is 47.8 Å². The molecule has 0 saturated carbocycles. The van der Waals surface area contributed by atoms with E-state index in [1.165, 1.54) is 0 Å². The molecule has 0 unspecified atom stereocenters. The first-order valence-corrected chi connectivity index (χ1v) is 6.69. The smallest absolute Gasteiger partial charge is 0.326 e. The Labute approximate surface area is 118 Å². The minimum absolute atomic E-state index is 0.0509. The van der Waals surface area contributed by atoms with Gasteiger partial charge in [-0.05, 0) is 54.7 Å². The fourth-order valence-electron chi connectivity index (χ4n) is 1.10. The molecular formula is C9H7Br3N2O2. The molecule has 0 fully saturated rings. The number of carbonyl (C=O) groups is 1. The van der Waals surface area contributed by atoms with Crippen LogP contribution in [0.1, 0.15) is 12.5 Å². The Morgan fingerprint density at radius 3 is 2.50 bits per heavy atom. The van der Waals surface area contributed by atoms with Gasteiger partial charge < -0.3 is 9.30 Å². The summed E-state index contributed by atoms with van der Waals surface area (Å²) in [4.78, 5) is 11.3. The number of hydrogen-bond acceptors (Lipinski definition) is 3. The molecule has 0 aliphatic rings. The number of rotatable bonds is 3. The zero-order valence-electron chi connectivity index (χ0n) is 8.26. The third kappa shape index (κ3) is 2.67. The minimum Gasteiger partial charge on any atom is -0.465 e. The molecule has 4 nitrogen and oxygen atoms in total. The zero-order valence-corrected chi connectivity index (χ0v) is 13.0. The van der Waals surface area contributed by atoms with Gasteiger partial charge in [-0.1, -0.05) is 0 Å². The first-order valence-electron chi connectivity index (χ1n) is 4.31. The summed E-state index contributed by atoms with van der Waals surface area (Å²) in [5.41, 5.74) is 0.441. The normalized spacial score (nSPS) is 9.94. The van der Waals surface area contributed by atoms with E-state index in [-0.39, 0.29) is 12.5 Å². The fraction of sp³-hybridized carbons (Fsp3) is 0.333. The molecule has 1 aromatic rings. The van der Waals surface area contributed by atoms with Crippen LogP contribution in [0.25, 0.3) is 0 Å². The number of hydrogen-bond donors (Lipinski definition) is 0. The lowest BCUT2D eigenvalue weighted by Crippen LogP contribution is -2.13. The van der Waals surface area contributed by atoms with E-state index in [1.807, 2.05) is 6.07 Å². The van der Waals surface area contributed by atoms with Crippen LogP contribution in [0, 0.1) is 11.3 Å². The lowest BCUT2D eigenvalue weighted by atomic mass is 10.4. The Morgan fingerprint density at radius 1 is 1.44 bits per heavy atom. The van der Waals surface area contributed by atoms with Crippen LogP contribution in [-0.2, 0) is 16.1 Å². The predicted molar refractivity (Wildman–Crippen MR) is 68.9 cm³/mol. The van der Waals surface area contributed by atoms with Crippen LogP contribution in [0.15, 0.2) is 13.7 Å². The third-order valence-electron chi connectivity index (χ3n) is 1.79. The van der Waals surface area contributed by atoms with Gasteiger partial charge in [0.15, 0.2) is 0 Å². The van der Waals surface area contributed by atoms with Crippen molar-refractivity contribution in [2.24, 2.45) is 0 Å². The molecule has 1 heterocycles. The van der Waals surface area contributed by atoms with Gasteiger partial charge in [0.1, 0.15) is 21.8 Å². The highest BCUT2D eigenvalue weighted by atomic mass is 79.9. The number of nitriles is 1. The van der Waals surface area contributed by atoms with E-state index in [1.54, 1.807) is 11.5 Å². The molecule has 0 N–H and O–H groups in total. The Balaban J connectivity index is 3.07. The summed E-state index contributed by atoms with van der Waals surface area (Å²) in [6.45, 7) is 2.13. The lowest BCUT2D eigenvalue weighted by Gasteiger charge is -2.06. The van der Waals surface area contributed by atoms with Crippen LogP contribution in [0.5, 0.6) is 0 Å². The number of esters is 1. The number of halogens is 3. The second-order valence-corrected chi connectivity index (χ2v) is 5.07. The van der Waals surface area contributed by atoms with Gasteiger partial charge in [0.05, 0.1) is 16.6 Å². The molecule has 0 aliphatic heterocycles. The van der Waals surface area contributed by atoms with Crippen LogP contribution in [0.2, 0.25) is 0 Å². The van der Waals surface area contributed by atoms with Gasteiger partial charge in [0, 0.05) is 0 Å². The fourth-order valence-corrected chi connectivity index (χ4v) is 3.19. The Hall–Kier alpha value is -0.320. The zero-order chi connectivity index (χ0) is 12.3. The highest BCUT2D eigenvalue weighted by Crippen LogP contribution is 2.35. The van der Waals surface area contributed by atoms with Crippen molar-refractivity contribution in [3.8, 4) is 6.07 Å². The van der Waals surface area contributed by atoms with Crippen molar-refractivity contribution in [1.82, 2.24) is 4.57 Å². The van der Waals surface area contributed by atoms with Gasteiger partial charge >= 0.3 is 5.97 Å². The van der Waals surface area contributed by atoms with Gasteiger partial charge in [-0.3, -0.25) is 4.79 Å². The molecule has 0 aromatic carbocycles. The van der Waals surface area contributed by atoms with Crippen LogP contribution >= 0.6 is 47.8 Å². The van der Waals surface area contributed by atoms with E-state index in [0.717, 1.165) is 0 Å². The topological polar surface area (TPSA) is 55.0 Å². The van der Waals surface area contributed by atoms with Crippen LogP contribution < -0.4 is 0 Å². The summed E-state index contributed by atoms with van der Waals surface area (Å²) in [6.07, 6.45) is 0. The van der Waals surface area contributed by atoms with Crippen molar-refractivity contribution in [1.29, 1.82) is 5.26 Å². The van der Waals surface area contributed by atoms with Gasteiger partial charge in [-0.2, -0.15) is 5.26 Å². The molecule has 0 atom stereocenters. The average molecular weight is 415 g/mol. The van der Waals surface area contributed by atoms with E-state index in [4.69, 9.17) is 10.00 Å². The molecule has 0 aliphatic carbocycles. The number of nitrogens with zero attached hydrogens (tertiary/aromatic N) is 2. The quantitative estimate of drug-likeness (QED) is 0.714. The summed E-state index contributed by atoms with van der Waals surface area (Å²) in [7, 11) is 0. The molecule has 1 aromatic heterocycles. The molecule has 0 saturated heterocycles.